The van der Waals surface area contributed by atoms with Crippen molar-refractivity contribution in [2.45, 2.75) is 6.42 Å². The number of amides is 1. The third-order valence-electron chi connectivity index (χ3n) is 5.00. The normalized spacial score (nSPS) is 13.9. The first kappa shape index (κ1) is 19.9. The second-order valence-corrected chi connectivity index (χ2v) is 7.36. The molecule has 2 aromatic heterocycles. The number of fused-ring (bicyclic) bond motifs is 1. The molecule has 30 heavy (non-hydrogen) atoms. The van der Waals surface area contributed by atoms with Crippen LogP contribution in [0.3, 0.4) is 0 Å². The summed E-state index contributed by atoms with van der Waals surface area (Å²) in [7, 11) is 0. The maximum Gasteiger partial charge on any atom is 0.225 e. The molecule has 0 unspecified atom stereocenters. The molecular weight excluding hydrogens is 402 g/mol. The molecule has 1 saturated heterocycles. The number of aromatic nitrogens is 3. The Hall–Kier alpha value is -3.44. The van der Waals surface area contributed by atoms with E-state index in [0.29, 0.717) is 72.4 Å². The number of benzene rings is 1. The predicted octanol–water partition coefficient (Wildman–Crippen LogP) is 2.70. The smallest absolute Gasteiger partial charge is 0.225 e. The van der Waals surface area contributed by atoms with Crippen LogP contribution in [0.2, 0.25) is 5.02 Å². The van der Waals surface area contributed by atoms with Gasteiger partial charge in [-0.05, 0) is 30.3 Å². The van der Waals surface area contributed by atoms with Crippen LogP contribution in [0.4, 0.5) is 11.8 Å². The molecule has 8 nitrogen and oxygen atoms in total. The molecule has 1 aliphatic heterocycles. The minimum atomic E-state index is 0.0872. The Morgan fingerprint density at radius 1 is 1.17 bits per heavy atom. The van der Waals surface area contributed by atoms with Gasteiger partial charge in [-0.2, -0.15) is 5.26 Å². The van der Waals surface area contributed by atoms with Crippen molar-refractivity contribution >= 4 is 40.2 Å². The molecule has 4 rings (SSSR count). The number of halogens is 1. The van der Waals surface area contributed by atoms with E-state index in [1.54, 1.807) is 42.7 Å². The van der Waals surface area contributed by atoms with Gasteiger partial charge in [-0.25, -0.2) is 15.0 Å². The fourth-order valence-corrected chi connectivity index (χ4v) is 3.62. The number of nitrogens with zero attached hydrogens (tertiary/aromatic N) is 6. The standard InChI is InChI=1S/C21H20ClN7O/c22-16-2-3-18-17(13-16)15(14-23)12-19(27-18)24-7-4-20(30)28-8-10-29(11-9-28)21-25-5-1-6-26-21/h1-3,5-6,12-13H,4,7-11H2,(H,24,27). The van der Waals surface area contributed by atoms with Crippen LogP contribution in [-0.4, -0.2) is 58.5 Å². The van der Waals surface area contributed by atoms with E-state index in [4.69, 9.17) is 11.6 Å². The Morgan fingerprint density at radius 2 is 1.93 bits per heavy atom. The number of hydrogen-bond donors (Lipinski definition) is 1. The molecule has 1 N–H and O–H groups in total. The van der Waals surface area contributed by atoms with Gasteiger partial charge in [0.25, 0.3) is 0 Å². The highest BCUT2D eigenvalue weighted by Crippen LogP contribution is 2.23. The van der Waals surface area contributed by atoms with E-state index in [2.05, 4.69) is 31.2 Å². The summed E-state index contributed by atoms with van der Waals surface area (Å²) in [5.41, 5.74) is 1.18. The van der Waals surface area contributed by atoms with Gasteiger partial charge in [0.05, 0.1) is 17.1 Å². The summed E-state index contributed by atoms with van der Waals surface area (Å²) in [6, 6.07) is 10.9. The van der Waals surface area contributed by atoms with Gasteiger partial charge in [-0.15, -0.1) is 0 Å². The van der Waals surface area contributed by atoms with Crippen molar-refractivity contribution in [1.29, 1.82) is 5.26 Å². The SMILES string of the molecule is N#Cc1cc(NCCC(=O)N2CCN(c3ncccn3)CC2)nc2ccc(Cl)cc12. The lowest BCUT2D eigenvalue weighted by Crippen LogP contribution is -2.49. The quantitative estimate of drug-likeness (QED) is 0.676. The summed E-state index contributed by atoms with van der Waals surface area (Å²) in [5.74, 6) is 1.35. The zero-order valence-electron chi connectivity index (χ0n) is 16.3. The van der Waals surface area contributed by atoms with E-state index in [1.165, 1.54) is 0 Å². The first-order chi connectivity index (χ1) is 14.6. The van der Waals surface area contributed by atoms with Crippen LogP contribution in [0.1, 0.15) is 12.0 Å². The summed E-state index contributed by atoms with van der Waals surface area (Å²) in [6.45, 7) is 3.15. The van der Waals surface area contributed by atoms with E-state index in [9.17, 15) is 10.1 Å². The second kappa shape index (κ2) is 8.93. The number of rotatable bonds is 5. The number of anilines is 2. The predicted molar refractivity (Wildman–Crippen MR) is 115 cm³/mol. The van der Waals surface area contributed by atoms with Crippen LogP contribution in [0, 0.1) is 11.3 Å². The van der Waals surface area contributed by atoms with Crippen LogP contribution in [0.25, 0.3) is 10.9 Å². The van der Waals surface area contributed by atoms with E-state index in [1.807, 2.05) is 4.90 Å². The lowest BCUT2D eigenvalue weighted by molar-refractivity contribution is -0.131. The van der Waals surface area contributed by atoms with Crippen molar-refractivity contribution in [1.82, 2.24) is 19.9 Å². The third-order valence-corrected chi connectivity index (χ3v) is 5.24. The van der Waals surface area contributed by atoms with Crippen molar-refractivity contribution in [3.63, 3.8) is 0 Å². The van der Waals surface area contributed by atoms with Gasteiger partial charge in [-0.3, -0.25) is 4.79 Å². The van der Waals surface area contributed by atoms with Crippen molar-refractivity contribution in [3.8, 4) is 6.07 Å². The van der Waals surface area contributed by atoms with Gasteiger partial charge in [0.1, 0.15) is 5.82 Å². The molecule has 0 atom stereocenters. The van der Waals surface area contributed by atoms with Crippen LogP contribution in [-0.2, 0) is 4.79 Å². The molecule has 1 amide bonds. The molecule has 1 fully saturated rings. The Morgan fingerprint density at radius 3 is 2.67 bits per heavy atom. The van der Waals surface area contributed by atoms with Gasteiger partial charge in [0.2, 0.25) is 11.9 Å². The van der Waals surface area contributed by atoms with Crippen LogP contribution in [0.15, 0.2) is 42.7 Å². The largest absolute Gasteiger partial charge is 0.369 e. The second-order valence-electron chi connectivity index (χ2n) is 6.92. The number of carbonyl (C=O) groups is 1. The highest BCUT2D eigenvalue weighted by atomic mass is 35.5. The lowest BCUT2D eigenvalue weighted by atomic mass is 10.1. The van der Waals surface area contributed by atoms with E-state index >= 15 is 0 Å². The van der Waals surface area contributed by atoms with Crippen molar-refractivity contribution in [2.75, 3.05) is 42.9 Å². The van der Waals surface area contributed by atoms with E-state index < -0.39 is 0 Å². The zero-order chi connectivity index (χ0) is 20.9. The summed E-state index contributed by atoms with van der Waals surface area (Å²) >= 11 is 6.02. The van der Waals surface area contributed by atoms with Gasteiger partial charge in [0, 0.05) is 61.9 Å². The molecule has 1 aliphatic rings. The number of piperazine rings is 1. The van der Waals surface area contributed by atoms with Crippen molar-refractivity contribution in [2.24, 2.45) is 0 Å². The fraction of sp³-hybridized carbons (Fsp3) is 0.286. The minimum absolute atomic E-state index is 0.0872. The molecule has 9 heteroatoms. The third kappa shape index (κ3) is 4.42. The molecule has 3 aromatic rings. The summed E-state index contributed by atoms with van der Waals surface area (Å²) < 4.78 is 0. The topological polar surface area (TPSA) is 98.0 Å². The Bertz CT molecular complexity index is 1090. The Kier molecular flexibility index (Phi) is 5.91. The first-order valence-corrected chi connectivity index (χ1v) is 10.1. The van der Waals surface area contributed by atoms with Gasteiger partial charge in [0.15, 0.2) is 0 Å². The number of pyridine rings is 1. The molecule has 0 aliphatic carbocycles. The number of hydrogen-bond acceptors (Lipinski definition) is 7. The van der Waals surface area contributed by atoms with Crippen LogP contribution >= 0.6 is 11.6 Å². The molecule has 0 saturated carbocycles. The fourth-order valence-electron chi connectivity index (χ4n) is 3.45. The highest BCUT2D eigenvalue weighted by molar-refractivity contribution is 6.31. The average Bonchev–Trinajstić information content (AvgIpc) is 2.79. The zero-order valence-corrected chi connectivity index (χ0v) is 17.0. The van der Waals surface area contributed by atoms with Crippen molar-refractivity contribution in [3.05, 3.63) is 53.3 Å². The first-order valence-electron chi connectivity index (χ1n) is 9.68. The van der Waals surface area contributed by atoms with E-state index in [-0.39, 0.29) is 5.91 Å². The maximum absolute atomic E-state index is 12.6. The summed E-state index contributed by atoms with van der Waals surface area (Å²) in [4.78, 5) is 29.5. The molecule has 0 bridgehead atoms. The highest BCUT2D eigenvalue weighted by Gasteiger charge is 2.22. The molecule has 152 valence electrons. The molecule has 0 radical (unpaired) electrons. The van der Waals surface area contributed by atoms with E-state index in [0.717, 1.165) is 0 Å². The Balaban J connectivity index is 1.31. The Labute approximate surface area is 179 Å². The van der Waals surface area contributed by atoms with Crippen molar-refractivity contribution < 1.29 is 4.79 Å². The number of carbonyl (C=O) groups excluding carboxylic acids is 1. The van der Waals surface area contributed by atoms with Gasteiger partial charge < -0.3 is 15.1 Å². The molecule has 0 spiro atoms. The molecule has 1 aromatic carbocycles. The average molecular weight is 422 g/mol. The maximum atomic E-state index is 12.6. The van der Waals surface area contributed by atoms with Gasteiger partial charge in [-0.1, -0.05) is 11.6 Å². The molecular formula is C21H20ClN7O. The molecule has 3 heterocycles. The summed E-state index contributed by atoms with van der Waals surface area (Å²) in [5, 5.41) is 13.8. The van der Waals surface area contributed by atoms with Gasteiger partial charge >= 0.3 is 0 Å². The van der Waals surface area contributed by atoms with Crippen LogP contribution in [0.5, 0.6) is 0 Å². The monoisotopic (exact) mass is 421 g/mol. The number of nitrogens with one attached hydrogen (secondary N) is 1. The lowest BCUT2D eigenvalue weighted by Gasteiger charge is -2.34. The number of nitriles is 1. The minimum Gasteiger partial charge on any atom is -0.369 e. The van der Waals surface area contributed by atoms with Crippen LogP contribution < -0.4 is 10.2 Å². The summed E-state index contributed by atoms with van der Waals surface area (Å²) in [6.07, 6.45) is 3.79.